The average Bonchev–Trinajstić information content (AvgIpc) is 3.03. The maximum atomic E-state index is 6.06. The van der Waals surface area contributed by atoms with Gasteiger partial charge in [-0.05, 0) is 18.6 Å². The van der Waals surface area contributed by atoms with Crippen molar-refractivity contribution in [3.05, 3.63) is 36.6 Å². The Morgan fingerprint density at radius 2 is 2.26 bits per heavy atom. The Labute approximate surface area is 110 Å². The van der Waals surface area contributed by atoms with E-state index in [1.54, 1.807) is 0 Å². The summed E-state index contributed by atoms with van der Waals surface area (Å²) in [5.41, 5.74) is 11.0. The quantitative estimate of drug-likeness (QED) is 0.720. The Morgan fingerprint density at radius 3 is 3.21 bits per heavy atom. The summed E-state index contributed by atoms with van der Waals surface area (Å²) in [6.07, 6.45) is 5.27. The molecular weight excluding hydrogens is 240 g/mol. The van der Waals surface area contributed by atoms with E-state index in [1.165, 1.54) is 12.1 Å². The van der Waals surface area contributed by atoms with Gasteiger partial charge in [0.05, 0.1) is 12.0 Å². The maximum Gasteiger partial charge on any atom is 0.181 e. The summed E-state index contributed by atoms with van der Waals surface area (Å²) in [4.78, 5) is 8.67. The molecule has 3 aromatic rings. The zero-order valence-corrected chi connectivity index (χ0v) is 10.4. The molecule has 3 heterocycles. The number of hydrogen-bond acceptors (Lipinski definition) is 4. The molecular formula is C14H14N4O. The van der Waals surface area contributed by atoms with Crippen molar-refractivity contribution in [3.8, 4) is 11.3 Å². The predicted molar refractivity (Wildman–Crippen MR) is 71.5 cm³/mol. The molecule has 0 bridgehead atoms. The minimum Gasteiger partial charge on any atom is -0.443 e. The first-order valence-electron chi connectivity index (χ1n) is 6.44. The fourth-order valence-electron chi connectivity index (χ4n) is 2.71. The lowest BCUT2D eigenvalue weighted by atomic mass is 10.0. The van der Waals surface area contributed by atoms with E-state index < -0.39 is 0 Å². The van der Waals surface area contributed by atoms with Crippen molar-refractivity contribution in [1.29, 1.82) is 0 Å². The van der Waals surface area contributed by atoms with E-state index in [2.05, 4.69) is 14.5 Å². The molecule has 0 spiro atoms. The summed E-state index contributed by atoms with van der Waals surface area (Å²) in [6.45, 7) is 0.952. The fraction of sp³-hybridized carbons (Fsp3) is 0.286. The van der Waals surface area contributed by atoms with Crippen LogP contribution < -0.4 is 5.73 Å². The van der Waals surface area contributed by atoms with Gasteiger partial charge in [-0.25, -0.2) is 9.97 Å². The number of aryl methyl sites for hydroxylation is 1. The lowest BCUT2D eigenvalue weighted by Crippen LogP contribution is -2.30. The third-order valence-electron chi connectivity index (χ3n) is 3.75. The van der Waals surface area contributed by atoms with Crippen molar-refractivity contribution >= 4 is 11.1 Å². The summed E-state index contributed by atoms with van der Waals surface area (Å²) in [5, 5.41) is 0. The molecule has 0 aliphatic carbocycles. The average molecular weight is 254 g/mol. The molecule has 4 rings (SSSR count). The molecule has 1 aliphatic heterocycles. The van der Waals surface area contributed by atoms with E-state index >= 15 is 0 Å². The minimum atomic E-state index is 0.233. The molecule has 0 amide bonds. The van der Waals surface area contributed by atoms with Gasteiger partial charge in [0, 0.05) is 30.3 Å². The van der Waals surface area contributed by atoms with Crippen molar-refractivity contribution in [2.45, 2.75) is 25.4 Å². The second-order valence-corrected chi connectivity index (χ2v) is 5.02. The van der Waals surface area contributed by atoms with E-state index in [0.717, 1.165) is 41.7 Å². The molecule has 2 N–H and O–H groups in total. The summed E-state index contributed by atoms with van der Waals surface area (Å²) in [7, 11) is 0. The monoisotopic (exact) mass is 254 g/mol. The number of fused-ring (bicyclic) bond motifs is 2. The first-order valence-corrected chi connectivity index (χ1v) is 6.44. The molecule has 1 unspecified atom stereocenters. The number of imidazole rings is 1. The number of oxazole rings is 1. The summed E-state index contributed by atoms with van der Waals surface area (Å²) < 4.78 is 7.55. The van der Waals surface area contributed by atoms with E-state index in [-0.39, 0.29) is 6.04 Å². The topological polar surface area (TPSA) is 69.9 Å². The second kappa shape index (κ2) is 3.93. The highest BCUT2D eigenvalue weighted by atomic mass is 16.3. The number of aromatic nitrogens is 3. The normalized spacial score (nSPS) is 18.7. The number of hydrogen-bond donors (Lipinski definition) is 1. The van der Waals surface area contributed by atoms with Crippen LogP contribution in [0.1, 0.15) is 12.1 Å². The highest BCUT2D eigenvalue weighted by molar-refractivity contribution is 5.79. The molecule has 2 aromatic heterocycles. The Balaban J connectivity index is 1.85. The smallest absolute Gasteiger partial charge is 0.181 e. The Hall–Kier alpha value is -2.14. The fourth-order valence-corrected chi connectivity index (χ4v) is 2.71. The van der Waals surface area contributed by atoms with Crippen LogP contribution in [0, 0.1) is 0 Å². The first-order chi connectivity index (χ1) is 9.31. The Morgan fingerprint density at radius 1 is 1.32 bits per heavy atom. The van der Waals surface area contributed by atoms with Crippen LogP contribution in [0.15, 0.2) is 35.3 Å². The first kappa shape index (κ1) is 10.8. The van der Waals surface area contributed by atoms with Crippen molar-refractivity contribution in [3.63, 3.8) is 0 Å². The summed E-state index contributed by atoms with van der Waals surface area (Å²) >= 11 is 0. The largest absolute Gasteiger partial charge is 0.443 e. The second-order valence-electron chi connectivity index (χ2n) is 5.02. The SMILES string of the molecule is NC1CCn2cnc(-c3ccc4ncoc4c3)c2C1. The molecule has 5 heteroatoms. The van der Waals surface area contributed by atoms with Crippen LogP contribution in [-0.4, -0.2) is 20.6 Å². The van der Waals surface area contributed by atoms with Crippen LogP contribution in [0.5, 0.6) is 0 Å². The highest BCUT2D eigenvalue weighted by Gasteiger charge is 2.20. The number of nitrogens with zero attached hydrogens (tertiary/aromatic N) is 3. The third kappa shape index (κ3) is 1.66. The van der Waals surface area contributed by atoms with Crippen LogP contribution in [-0.2, 0) is 13.0 Å². The lowest BCUT2D eigenvalue weighted by Gasteiger charge is -2.21. The number of nitrogens with two attached hydrogens (primary N) is 1. The van der Waals surface area contributed by atoms with Gasteiger partial charge in [0.15, 0.2) is 12.0 Å². The van der Waals surface area contributed by atoms with Crippen LogP contribution in [0.4, 0.5) is 0 Å². The van der Waals surface area contributed by atoms with Gasteiger partial charge in [-0.3, -0.25) is 0 Å². The zero-order chi connectivity index (χ0) is 12.8. The Kier molecular flexibility index (Phi) is 2.22. The van der Waals surface area contributed by atoms with Crippen molar-refractivity contribution in [2.24, 2.45) is 5.73 Å². The van der Waals surface area contributed by atoms with Crippen LogP contribution in [0.3, 0.4) is 0 Å². The molecule has 5 nitrogen and oxygen atoms in total. The Bertz CT molecular complexity index is 743. The van der Waals surface area contributed by atoms with E-state index in [4.69, 9.17) is 10.2 Å². The summed E-state index contributed by atoms with van der Waals surface area (Å²) in [5.74, 6) is 0. The van der Waals surface area contributed by atoms with Crippen LogP contribution in [0.25, 0.3) is 22.4 Å². The van der Waals surface area contributed by atoms with Gasteiger partial charge in [-0.15, -0.1) is 0 Å². The van der Waals surface area contributed by atoms with Gasteiger partial charge in [-0.2, -0.15) is 0 Å². The molecule has 96 valence electrons. The maximum absolute atomic E-state index is 6.06. The molecule has 19 heavy (non-hydrogen) atoms. The lowest BCUT2D eigenvalue weighted by molar-refractivity contribution is 0.472. The number of benzene rings is 1. The molecule has 0 saturated carbocycles. The van der Waals surface area contributed by atoms with Gasteiger partial charge in [0.1, 0.15) is 5.52 Å². The van der Waals surface area contributed by atoms with Gasteiger partial charge in [-0.1, -0.05) is 6.07 Å². The number of rotatable bonds is 1. The molecule has 1 aromatic carbocycles. The molecule has 0 fully saturated rings. The van der Waals surface area contributed by atoms with Gasteiger partial charge < -0.3 is 14.7 Å². The minimum absolute atomic E-state index is 0.233. The molecule has 1 aliphatic rings. The van der Waals surface area contributed by atoms with Crippen LogP contribution >= 0.6 is 0 Å². The standard InChI is InChI=1S/C14H14N4O/c15-10-3-4-18-7-16-14(12(18)6-10)9-1-2-11-13(5-9)19-8-17-11/h1-2,5,7-8,10H,3-4,6,15H2. The molecule has 0 saturated heterocycles. The molecule has 1 atom stereocenters. The van der Waals surface area contributed by atoms with Gasteiger partial charge in [0.2, 0.25) is 0 Å². The predicted octanol–water partition coefficient (Wildman–Crippen LogP) is 1.96. The van der Waals surface area contributed by atoms with Gasteiger partial charge in [0.25, 0.3) is 0 Å². The zero-order valence-electron chi connectivity index (χ0n) is 10.4. The van der Waals surface area contributed by atoms with Gasteiger partial charge >= 0.3 is 0 Å². The van der Waals surface area contributed by atoms with E-state index in [9.17, 15) is 0 Å². The van der Waals surface area contributed by atoms with E-state index in [1.807, 2.05) is 24.5 Å². The van der Waals surface area contributed by atoms with Crippen molar-refractivity contribution in [2.75, 3.05) is 0 Å². The van der Waals surface area contributed by atoms with Crippen molar-refractivity contribution < 1.29 is 4.42 Å². The summed E-state index contributed by atoms with van der Waals surface area (Å²) in [6, 6.07) is 6.22. The third-order valence-corrected chi connectivity index (χ3v) is 3.75. The van der Waals surface area contributed by atoms with Crippen LogP contribution in [0.2, 0.25) is 0 Å². The molecule has 0 radical (unpaired) electrons. The highest BCUT2D eigenvalue weighted by Crippen LogP contribution is 2.28. The van der Waals surface area contributed by atoms with E-state index in [0.29, 0.717) is 0 Å². The van der Waals surface area contributed by atoms with Crippen molar-refractivity contribution in [1.82, 2.24) is 14.5 Å².